The van der Waals surface area contributed by atoms with Crippen molar-refractivity contribution in [3.8, 4) is 23.0 Å². The monoisotopic (exact) mass is 630 g/mol. The van der Waals surface area contributed by atoms with Crippen LogP contribution in [-0.4, -0.2) is 68.5 Å². The number of carbonyl (C=O) groups is 1. The molecule has 0 atom stereocenters. The van der Waals surface area contributed by atoms with Crippen molar-refractivity contribution in [2.24, 2.45) is 7.05 Å². The Morgan fingerprint density at radius 1 is 0.978 bits per heavy atom. The molecule has 0 aliphatic carbocycles. The van der Waals surface area contributed by atoms with Gasteiger partial charge in [-0.3, -0.25) is 9.69 Å². The summed E-state index contributed by atoms with van der Waals surface area (Å²) in [5.74, 6) is 0.297. The number of nitrogens with one attached hydrogen (secondary N) is 1. The smallest absolute Gasteiger partial charge is 0.416 e. The molecular formula is C33H33F3N8O2. The van der Waals surface area contributed by atoms with Crippen molar-refractivity contribution in [2.45, 2.75) is 19.6 Å². The molecule has 10 nitrogen and oxygen atoms in total. The quantitative estimate of drug-likeness (QED) is 0.219. The predicted octanol–water partition coefficient (Wildman–Crippen LogP) is 5.73. The van der Waals surface area contributed by atoms with E-state index < -0.39 is 17.6 Å². The van der Waals surface area contributed by atoms with Crippen molar-refractivity contribution in [1.29, 1.82) is 0 Å². The fourth-order valence-electron chi connectivity index (χ4n) is 5.34. The van der Waals surface area contributed by atoms with Crippen LogP contribution in [0.25, 0.3) is 22.6 Å². The summed E-state index contributed by atoms with van der Waals surface area (Å²) >= 11 is 0. The van der Waals surface area contributed by atoms with Gasteiger partial charge in [0.2, 0.25) is 0 Å². The molecule has 238 valence electrons. The van der Waals surface area contributed by atoms with Crippen molar-refractivity contribution in [1.82, 2.24) is 29.3 Å². The normalized spacial score (nSPS) is 14.5. The second-order valence-corrected chi connectivity index (χ2v) is 11.5. The van der Waals surface area contributed by atoms with Gasteiger partial charge in [-0.25, -0.2) is 9.97 Å². The number of alkyl halides is 3. The molecule has 46 heavy (non-hydrogen) atoms. The molecule has 3 aromatic carbocycles. The van der Waals surface area contributed by atoms with Gasteiger partial charge in [0.25, 0.3) is 11.8 Å². The standard InChI is InChI=1S/C33H33F3N8O2/c1-20-4-11-25(46-32-28-30(43(3)19-38-28)40-29(41-32)21-5-8-23(37)9-6-21)17-26(20)31(45)39-24-10-7-22(27(16-24)33(34,35)36)18-44-14-12-42(2)13-15-44/h4-11,16-17,19H,12-15,18,37H2,1-3H3,(H,39,45). The first-order valence-corrected chi connectivity index (χ1v) is 14.7. The van der Waals surface area contributed by atoms with Crippen LogP contribution >= 0.6 is 0 Å². The topological polar surface area (TPSA) is 114 Å². The number of piperazine rings is 1. The zero-order valence-electron chi connectivity index (χ0n) is 25.6. The van der Waals surface area contributed by atoms with Gasteiger partial charge in [0, 0.05) is 62.3 Å². The number of nitrogen functional groups attached to an aromatic ring is 1. The minimum Gasteiger partial charge on any atom is -0.437 e. The number of fused-ring (bicyclic) bond motifs is 1. The molecule has 1 fully saturated rings. The van der Waals surface area contributed by atoms with E-state index in [9.17, 15) is 18.0 Å². The van der Waals surface area contributed by atoms with Crippen molar-refractivity contribution in [3.63, 3.8) is 0 Å². The molecule has 1 aliphatic heterocycles. The van der Waals surface area contributed by atoms with Gasteiger partial charge in [0.05, 0.1) is 11.9 Å². The van der Waals surface area contributed by atoms with E-state index in [4.69, 9.17) is 10.5 Å². The molecular weight excluding hydrogens is 597 g/mol. The van der Waals surface area contributed by atoms with Crippen LogP contribution < -0.4 is 15.8 Å². The number of likely N-dealkylation sites (N-methyl/N-ethyl adjacent to an activating group) is 1. The Morgan fingerprint density at radius 2 is 1.72 bits per heavy atom. The van der Waals surface area contributed by atoms with E-state index in [1.165, 1.54) is 18.2 Å². The van der Waals surface area contributed by atoms with E-state index >= 15 is 0 Å². The van der Waals surface area contributed by atoms with Crippen LogP contribution in [0.5, 0.6) is 11.6 Å². The van der Waals surface area contributed by atoms with Crippen LogP contribution in [0.15, 0.2) is 67.0 Å². The van der Waals surface area contributed by atoms with Crippen LogP contribution in [0.3, 0.4) is 0 Å². The number of rotatable bonds is 7. The Bertz CT molecular complexity index is 1900. The van der Waals surface area contributed by atoms with Gasteiger partial charge >= 0.3 is 6.18 Å². The fourth-order valence-corrected chi connectivity index (χ4v) is 5.34. The fraction of sp³-hybridized carbons (Fsp3) is 0.273. The zero-order valence-corrected chi connectivity index (χ0v) is 25.6. The summed E-state index contributed by atoms with van der Waals surface area (Å²) in [6.07, 6.45) is -2.98. The van der Waals surface area contributed by atoms with Gasteiger partial charge in [0.1, 0.15) is 5.75 Å². The van der Waals surface area contributed by atoms with E-state index in [1.54, 1.807) is 61.3 Å². The summed E-state index contributed by atoms with van der Waals surface area (Å²) in [6, 6.07) is 15.9. The second-order valence-electron chi connectivity index (χ2n) is 11.5. The number of benzene rings is 3. The van der Waals surface area contributed by atoms with E-state index in [2.05, 4.69) is 25.2 Å². The molecule has 1 amide bonds. The lowest BCUT2D eigenvalue weighted by Crippen LogP contribution is -2.44. The Balaban J connectivity index is 1.25. The van der Waals surface area contributed by atoms with Crippen molar-refractivity contribution < 1.29 is 22.7 Å². The molecule has 0 unspecified atom stereocenters. The molecule has 5 aromatic rings. The van der Waals surface area contributed by atoms with Crippen LogP contribution in [0.4, 0.5) is 24.5 Å². The lowest BCUT2D eigenvalue weighted by atomic mass is 10.0. The number of amides is 1. The molecule has 0 saturated carbocycles. The van der Waals surface area contributed by atoms with Crippen LogP contribution in [0.2, 0.25) is 0 Å². The summed E-state index contributed by atoms with van der Waals surface area (Å²) in [5.41, 5.74) is 8.42. The van der Waals surface area contributed by atoms with E-state index in [-0.39, 0.29) is 29.2 Å². The lowest BCUT2D eigenvalue weighted by Gasteiger charge is -2.33. The van der Waals surface area contributed by atoms with Gasteiger partial charge < -0.3 is 25.3 Å². The maximum Gasteiger partial charge on any atom is 0.416 e. The van der Waals surface area contributed by atoms with Crippen LogP contribution in [0.1, 0.15) is 27.0 Å². The summed E-state index contributed by atoms with van der Waals surface area (Å²) in [4.78, 5) is 31.2. The first-order valence-electron chi connectivity index (χ1n) is 14.7. The molecule has 1 aliphatic rings. The van der Waals surface area contributed by atoms with E-state index in [1.807, 2.05) is 11.9 Å². The van der Waals surface area contributed by atoms with Gasteiger partial charge in [-0.15, -0.1) is 0 Å². The minimum atomic E-state index is -4.58. The van der Waals surface area contributed by atoms with E-state index in [0.717, 1.165) is 24.7 Å². The maximum atomic E-state index is 14.1. The molecule has 0 bridgehead atoms. The molecule has 6 rings (SSSR count). The van der Waals surface area contributed by atoms with E-state index in [0.29, 0.717) is 47.1 Å². The summed E-state index contributed by atoms with van der Waals surface area (Å²) in [6.45, 7) is 4.89. The van der Waals surface area contributed by atoms with Gasteiger partial charge in [-0.2, -0.15) is 18.2 Å². The summed E-state index contributed by atoms with van der Waals surface area (Å²) in [7, 11) is 3.80. The molecule has 3 N–H and O–H groups in total. The van der Waals surface area contributed by atoms with Crippen molar-refractivity contribution >= 4 is 28.4 Å². The van der Waals surface area contributed by atoms with Crippen LogP contribution in [0, 0.1) is 6.92 Å². The molecule has 0 spiro atoms. The third kappa shape index (κ3) is 6.65. The Kier molecular flexibility index (Phi) is 8.36. The van der Waals surface area contributed by atoms with Crippen molar-refractivity contribution in [2.75, 3.05) is 44.3 Å². The average molecular weight is 631 g/mol. The SMILES string of the molecule is Cc1ccc(Oc2nc(-c3ccc(N)cc3)nc3c2ncn3C)cc1C(=O)Nc1ccc(CN2CCN(C)CC2)c(C(F)(F)F)c1. The number of carbonyl (C=O) groups excluding carboxylic acids is 1. The number of aryl methyl sites for hydroxylation is 2. The average Bonchev–Trinajstić information content (AvgIpc) is 3.40. The van der Waals surface area contributed by atoms with Crippen LogP contribution in [-0.2, 0) is 19.8 Å². The highest BCUT2D eigenvalue weighted by Crippen LogP contribution is 2.35. The molecule has 1 saturated heterocycles. The number of hydrogen-bond donors (Lipinski definition) is 2. The molecule has 2 aromatic heterocycles. The predicted molar refractivity (Wildman–Crippen MR) is 170 cm³/mol. The highest BCUT2D eigenvalue weighted by atomic mass is 19.4. The summed E-state index contributed by atoms with van der Waals surface area (Å²) < 4.78 is 50.3. The molecule has 0 radical (unpaired) electrons. The zero-order chi connectivity index (χ0) is 32.6. The number of nitrogens with two attached hydrogens (primary N) is 1. The van der Waals surface area contributed by atoms with Gasteiger partial charge in [0.15, 0.2) is 17.0 Å². The molecule has 13 heteroatoms. The minimum absolute atomic E-state index is 0.0457. The second kappa shape index (κ2) is 12.4. The third-order valence-electron chi connectivity index (χ3n) is 8.03. The molecule has 3 heterocycles. The number of halogens is 3. The van der Waals surface area contributed by atoms with Crippen molar-refractivity contribution in [3.05, 3.63) is 89.2 Å². The Hall–Kier alpha value is -5.01. The number of anilines is 2. The van der Waals surface area contributed by atoms with Gasteiger partial charge in [-0.05, 0) is 73.6 Å². The Labute approximate surface area is 263 Å². The number of imidazole rings is 1. The lowest BCUT2D eigenvalue weighted by molar-refractivity contribution is -0.138. The highest BCUT2D eigenvalue weighted by Gasteiger charge is 2.34. The maximum absolute atomic E-state index is 14.1. The number of hydrogen-bond acceptors (Lipinski definition) is 8. The summed E-state index contributed by atoms with van der Waals surface area (Å²) in [5, 5.41) is 2.64. The highest BCUT2D eigenvalue weighted by molar-refractivity contribution is 6.05. The first kappa shape index (κ1) is 31.0. The van der Waals surface area contributed by atoms with Gasteiger partial charge in [-0.1, -0.05) is 12.1 Å². The Morgan fingerprint density at radius 3 is 2.43 bits per heavy atom. The largest absolute Gasteiger partial charge is 0.437 e. The first-order chi connectivity index (χ1) is 21.9. The number of ether oxygens (including phenoxy) is 1. The number of aromatic nitrogens is 4. The number of nitrogens with zero attached hydrogens (tertiary/aromatic N) is 6. The third-order valence-corrected chi connectivity index (χ3v) is 8.03.